The molecule has 5 heteroatoms. The molecule has 0 aliphatic heterocycles. The molecule has 0 fully saturated rings. The molecular weight excluding hydrogens is 288 g/mol. The number of carbonyl (C=O) groups excluding carboxylic acids is 1. The van der Waals surface area contributed by atoms with Gasteiger partial charge in [-0.2, -0.15) is 5.10 Å². The van der Waals surface area contributed by atoms with Gasteiger partial charge in [-0.1, -0.05) is 23.8 Å². The maximum absolute atomic E-state index is 11.8. The molecule has 0 saturated carbocycles. The molecular formula is C18H22N4O. The van der Waals surface area contributed by atoms with E-state index in [9.17, 15) is 4.79 Å². The highest BCUT2D eigenvalue weighted by atomic mass is 16.2. The molecule has 0 aliphatic rings. The summed E-state index contributed by atoms with van der Waals surface area (Å²) in [5, 5.41) is 7.37. The number of benzene rings is 1. The van der Waals surface area contributed by atoms with Crippen LogP contribution in [0.1, 0.15) is 31.0 Å². The van der Waals surface area contributed by atoms with Crippen LogP contribution in [0.25, 0.3) is 0 Å². The lowest BCUT2D eigenvalue weighted by atomic mass is 10.2. The van der Waals surface area contributed by atoms with E-state index >= 15 is 0 Å². The number of hydrazone groups is 1. The maximum atomic E-state index is 11.8. The van der Waals surface area contributed by atoms with E-state index < -0.39 is 0 Å². The number of pyridine rings is 1. The largest absolute Gasteiger partial charge is 0.385 e. The highest BCUT2D eigenvalue weighted by molar-refractivity contribution is 5.97. The van der Waals surface area contributed by atoms with Crippen LogP contribution in [-0.4, -0.2) is 23.1 Å². The normalized spacial score (nSPS) is 11.1. The van der Waals surface area contributed by atoms with Crippen molar-refractivity contribution in [1.29, 1.82) is 0 Å². The molecule has 0 saturated heterocycles. The Bertz CT molecular complexity index is 650. The summed E-state index contributed by atoms with van der Waals surface area (Å²) in [5.41, 5.74) is 6.32. The number of rotatable bonds is 7. The zero-order chi connectivity index (χ0) is 16.5. The second-order valence-corrected chi connectivity index (χ2v) is 5.34. The lowest BCUT2D eigenvalue weighted by molar-refractivity contribution is -0.121. The van der Waals surface area contributed by atoms with Crippen LogP contribution in [0.15, 0.2) is 53.8 Å². The summed E-state index contributed by atoms with van der Waals surface area (Å²) < 4.78 is 0. The molecule has 1 heterocycles. The Morgan fingerprint density at radius 1 is 1.17 bits per heavy atom. The third-order valence-electron chi connectivity index (χ3n) is 3.35. The fourth-order valence-corrected chi connectivity index (χ4v) is 1.99. The van der Waals surface area contributed by atoms with Gasteiger partial charge in [-0.25, -0.2) is 5.43 Å². The first kappa shape index (κ1) is 16.7. The molecule has 1 aromatic heterocycles. The second kappa shape index (κ2) is 8.68. The second-order valence-electron chi connectivity index (χ2n) is 5.34. The van der Waals surface area contributed by atoms with Gasteiger partial charge < -0.3 is 5.32 Å². The van der Waals surface area contributed by atoms with Gasteiger partial charge in [0.2, 0.25) is 5.91 Å². The monoisotopic (exact) mass is 310 g/mol. The van der Waals surface area contributed by atoms with Gasteiger partial charge in [0.1, 0.15) is 0 Å². The Hall–Kier alpha value is -2.69. The van der Waals surface area contributed by atoms with Gasteiger partial charge in [0.05, 0.1) is 11.4 Å². The number of hydrogen-bond donors (Lipinski definition) is 2. The number of nitrogens with zero attached hydrogens (tertiary/aromatic N) is 2. The van der Waals surface area contributed by atoms with Gasteiger partial charge in [0.25, 0.3) is 0 Å². The van der Waals surface area contributed by atoms with Crippen molar-refractivity contribution in [3.05, 3.63) is 59.9 Å². The van der Waals surface area contributed by atoms with E-state index in [4.69, 9.17) is 0 Å². The lowest BCUT2D eigenvalue weighted by Crippen LogP contribution is -2.20. The summed E-state index contributed by atoms with van der Waals surface area (Å²) in [7, 11) is 0. The molecule has 23 heavy (non-hydrogen) atoms. The SMILES string of the molecule is C/C(=N\NC(=O)CCCNc1ccc(C)cc1)c1ccccn1. The predicted molar refractivity (Wildman–Crippen MR) is 93.5 cm³/mol. The Kier molecular flexibility index (Phi) is 6.29. The third kappa shape index (κ3) is 5.90. The number of nitrogens with one attached hydrogen (secondary N) is 2. The van der Waals surface area contributed by atoms with Crippen LogP contribution in [0.4, 0.5) is 5.69 Å². The molecule has 0 aliphatic carbocycles. The van der Waals surface area contributed by atoms with Crippen molar-refractivity contribution in [3.63, 3.8) is 0 Å². The van der Waals surface area contributed by atoms with Crippen molar-refractivity contribution < 1.29 is 4.79 Å². The summed E-state index contributed by atoms with van der Waals surface area (Å²) >= 11 is 0. The van der Waals surface area contributed by atoms with Crippen molar-refractivity contribution in [2.24, 2.45) is 5.10 Å². The van der Waals surface area contributed by atoms with E-state index in [0.717, 1.165) is 24.3 Å². The Labute approximate surface area is 136 Å². The van der Waals surface area contributed by atoms with Crippen molar-refractivity contribution in [1.82, 2.24) is 10.4 Å². The predicted octanol–water partition coefficient (Wildman–Crippen LogP) is 3.12. The minimum atomic E-state index is -0.0917. The maximum Gasteiger partial charge on any atom is 0.240 e. The van der Waals surface area contributed by atoms with Gasteiger partial charge in [-0.3, -0.25) is 9.78 Å². The summed E-state index contributed by atoms with van der Waals surface area (Å²) in [6.07, 6.45) is 2.88. The van der Waals surface area contributed by atoms with E-state index in [1.54, 1.807) is 6.20 Å². The summed E-state index contributed by atoms with van der Waals surface area (Å²) in [4.78, 5) is 15.9. The lowest BCUT2D eigenvalue weighted by Gasteiger charge is -2.06. The van der Waals surface area contributed by atoms with E-state index in [0.29, 0.717) is 12.1 Å². The number of amides is 1. The van der Waals surface area contributed by atoms with Gasteiger partial charge in [-0.05, 0) is 44.5 Å². The van der Waals surface area contributed by atoms with E-state index in [1.807, 2.05) is 37.3 Å². The highest BCUT2D eigenvalue weighted by Crippen LogP contribution is 2.08. The van der Waals surface area contributed by atoms with Gasteiger partial charge in [0.15, 0.2) is 0 Å². The van der Waals surface area contributed by atoms with Gasteiger partial charge in [-0.15, -0.1) is 0 Å². The van der Waals surface area contributed by atoms with Crippen LogP contribution in [0.5, 0.6) is 0 Å². The van der Waals surface area contributed by atoms with Crippen molar-refractivity contribution >= 4 is 17.3 Å². The fraction of sp³-hybridized carbons (Fsp3) is 0.278. The van der Waals surface area contributed by atoms with Crippen LogP contribution in [0, 0.1) is 6.92 Å². The van der Waals surface area contributed by atoms with Crippen LogP contribution in [0.2, 0.25) is 0 Å². The van der Waals surface area contributed by atoms with Crippen molar-refractivity contribution in [2.45, 2.75) is 26.7 Å². The minimum Gasteiger partial charge on any atom is -0.385 e. The van der Waals surface area contributed by atoms with Crippen molar-refractivity contribution in [2.75, 3.05) is 11.9 Å². The summed E-state index contributed by atoms with van der Waals surface area (Å²) in [6, 6.07) is 13.8. The summed E-state index contributed by atoms with van der Waals surface area (Å²) in [6.45, 7) is 4.63. The van der Waals surface area contributed by atoms with E-state index in [1.165, 1.54) is 5.56 Å². The van der Waals surface area contributed by atoms with Gasteiger partial charge >= 0.3 is 0 Å². The van der Waals surface area contributed by atoms with Gasteiger partial charge in [0, 0.05) is 24.8 Å². The van der Waals surface area contributed by atoms with Crippen LogP contribution in [-0.2, 0) is 4.79 Å². The van der Waals surface area contributed by atoms with Crippen LogP contribution < -0.4 is 10.7 Å². The first-order valence-corrected chi connectivity index (χ1v) is 7.70. The van der Waals surface area contributed by atoms with Crippen LogP contribution in [0.3, 0.4) is 0 Å². The number of aromatic nitrogens is 1. The first-order valence-electron chi connectivity index (χ1n) is 7.70. The Morgan fingerprint density at radius 3 is 2.65 bits per heavy atom. The molecule has 2 N–H and O–H groups in total. The van der Waals surface area contributed by atoms with E-state index in [-0.39, 0.29) is 5.91 Å². The molecule has 0 atom stereocenters. The zero-order valence-electron chi connectivity index (χ0n) is 13.5. The molecule has 0 spiro atoms. The molecule has 1 amide bonds. The number of aryl methyl sites for hydroxylation is 1. The Balaban J connectivity index is 1.68. The van der Waals surface area contributed by atoms with E-state index in [2.05, 4.69) is 39.9 Å². The third-order valence-corrected chi connectivity index (χ3v) is 3.35. The topological polar surface area (TPSA) is 66.4 Å². The Morgan fingerprint density at radius 2 is 1.96 bits per heavy atom. The molecule has 2 rings (SSSR count). The molecule has 120 valence electrons. The average Bonchev–Trinajstić information content (AvgIpc) is 2.59. The molecule has 0 radical (unpaired) electrons. The standard InChI is InChI=1S/C18H22N4O/c1-14-8-10-16(11-9-14)19-13-5-7-18(23)22-21-15(2)17-6-3-4-12-20-17/h3-4,6,8-12,19H,5,7,13H2,1-2H3,(H,22,23)/b21-15+. The molecule has 2 aromatic rings. The zero-order valence-corrected chi connectivity index (χ0v) is 13.5. The summed E-state index contributed by atoms with van der Waals surface area (Å²) in [5.74, 6) is -0.0917. The fourth-order valence-electron chi connectivity index (χ4n) is 1.99. The number of hydrogen-bond acceptors (Lipinski definition) is 4. The molecule has 0 bridgehead atoms. The molecule has 5 nitrogen and oxygen atoms in total. The highest BCUT2D eigenvalue weighted by Gasteiger charge is 2.02. The first-order chi connectivity index (χ1) is 11.1. The smallest absolute Gasteiger partial charge is 0.240 e. The number of anilines is 1. The molecule has 1 aromatic carbocycles. The minimum absolute atomic E-state index is 0.0917. The number of carbonyl (C=O) groups is 1. The molecule has 0 unspecified atom stereocenters. The average molecular weight is 310 g/mol. The van der Waals surface area contributed by atoms with Crippen LogP contribution >= 0.6 is 0 Å². The quantitative estimate of drug-likeness (QED) is 0.469. The van der Waals surface area contributed by atoms with Crippen molar-refractivity contribution in [3.8, 4) is 0 Å².